The molecule has 7 amide bonds. The Morgan fingerprint density at radius 3 is 2.01 bits per heavy atom. The van der Waals surface area contributed by atoms with E-state index in [0.717, 1.165) is 40.7 Å². The number of nitrogens with two attached hydrogens (primary N) is 1. The van der Waals surface area contributed by atoms with Crippen molar-refractivity contribution in [1.29, 1.82) is 0 Å². The van der Waals surface area contributed by atoms with Crippen molar-refractivity contribution in [2.75, 3.05) is 33.9 Å². The molecule has 4 aliphatic rings. The van der Waals surface area contributed by atoms with Crippen LogP contribution in [0.25, 0.3) is 0 Å². The number of carbonyl (C=O) groups is 7. The van der Waals surface area contributed by atoms with Crippen LogP contribution in [0, 0.1) is 16.2 Å². The third-order valence-corrected chi connectivity index (χ3v) is 15.9. The van der Waals surface area contributed by atoms with Crippen LogP contribution >= 0.6 is 0 Å². The summed E-state index contributed by atoms with van der Waals surface area (Å²) in [5, 5.41) is 9.43. The number of rotatable bonds is 16. The molecular formula is C60H84N8O9. The van der Waals surface area contributed by atoms with Gasteiger partial charge in [0, 0.05) is 46.3 Å². The van der Waals surface area contributed by atoms with Crippen molar-refractivity contribution >= 4 is 41.5 Å². The summed E-state index contributed by atoms with van der Waals surface area (Å²) < 4.78 is 11.4. The monoisotopic (exact) mass is 1060 g/mol. The first-order chi connectivity index (χ1) is 36.1. The summed E-state index contributed by atoms with van der Waals surface area (Å²) in [7, 11) is 3.03. The predicted molar refractivity (Wildman–Crippen MR) is 294 cm³/mol. The van der Waals surface area contributed by atoms with Gasteiger partial charge in [0.15, 0.2) is 0 Å². The summed E-state index contributed by atoms with van der Waals surface area (Å²) in [6.07, 6.45) is 3.00. The number of likely N-dealkylation sites (N-methyl/N-ethyl adjacent to an activating group) is 1. The lowest BCUT2D eigenvalue weighted by Crippen LogP contribution is -2.60. The molecule has 0 aromatic heterocycles. The maximum Gasteiger partial charge on any atom is 0.410 e. The van der Waals surface area contributed by atoms with Gasteiger partial charge in [-0.1, -0.05) is 120 Å². The normalized spacial score (nSPS) is 21.5. The van der Waals surface area contributed by atoms with E-state index < -0.39 is 82.0 Å². The van der Waals surface area contributed by atoms with Gasteiger partial charge in [0.05, 0.1) is 30.1 Å². The first kappa shape index (κ1) is 58.4. The molecule has 3 aromatic rings. The Kier molecular flexibility index (Phi) is 17.7. The Bertz CT molecular complexity index is 2650. The maximum atomic E-state index is 15.7. The number of amides is 7. The van der Waals surface area contributed by atoms with Crippen LogP contribution in [0.2, 0.25) is 0 Å². The molecule has 2 fully saturated rings. The molecule has 0 radical (unpaired) electrons. The van der Waals surface area contributed by atoms with Crippen molar-refractivity contribution in [3.63, 3.8) is 0 Å². The molecular weight excluding hydrogens is 977 g/mol. The predicted octanol–water partition coefficient (Wildman–Crippen LogP) is 6.38. The summed E-state index contributed by atoms with van der Waals surface area (Å²) in [6.45, 7) is 18.2. The maximum absolute atomic E-state index is 15.7. The first-order valence-corrected chi connectivity index (χ1v) is 27.4. The first-order valence-electron chi connectivity index (χ1n) is 27.4. The average Bonchev–Trinajstić information content (AvgIpc) is 4.07. The molecule has 17 nitrogen and oxygen atoms in total. The lowest BCUT2D eigenvalue weighted by atomic mass is 9.84. The van der Waals surface area contributed by atoms with Crippen molar-refractivity contribution in [3.05, 3.63) is 107 Å². The lowest BCUT2D eigenvalue weighted by Gasteiger charge is -2.43. The molecule has 0 bridgehead atoms. The number of ether oxygens (including phenoxy) is 2. The van der Waals surface area contributed by atoms with Crippen LogP contribution in [0.3, 0.4) is 0 Å². The minimum atomic E-state index is -1.15. The van der Waals surface area contributed by atoms with E-state index in [1.807, 2.05) is 114 Å². The standard InChI is InChI=1S/C60H84N8O9/c1-37(65(11)56(75)77-59(8,9)10)50(69)64-49(58(5,6)7)54(73)67-34-42(32-45(67)51(70)63-44-28-20-26-38-21-18-19-27-43(38)44)62-55(74)60(29-30-60)36-68(47(35-76-12)39-22-14-13-15-23-39)52(71)46-31-40-24-16-17-25-41(40)33-66(46)53(72)48(61)57(2,3)4/h13-19,21-25,27,37,42,44-49H,20,26,28-36,61H2,1-12H3,(H,62,74)(H,63,70)(H,64,69)/t37-,42-,44+,45-,46-,47-,48?,49?/m0/s1. The van der Waals surface area contributed by atoms with Crippen LogP contribution in [-0.4, -0.2) is 137 Å². The van der Waals surface area contributed by atoms with Crippen LogP contribution in [0.15, 0.2) is 78.9 Å². The van der Waals surface area contributed by atoms with Crippen LogP contribution in [-0.2, 0) is 57.6 Å². The number of likely N-dealkylation sites (tertiary alicyclic amines) is 1. The van der Waals surface area contributed by atoms with Crippen molar-refractivity contribution in [2.24, 2.45) is 22.0 Å². The molecule has 2 aliphatic carbocycles. The highest BCUT2D eigenvalue weighted by molar-refractivity contribution is 5.96. The second-order valence-corrected chi connectivity index (χ2v) is 25.1. The fraction of sp³-hybridized carbons (Fsp3) is 0.583. The topological polar surface area (TPSA) is 213 Å². The van der Waals surface area contributed by atoms with Gasteiger partial charge in [-0.3, -0.25) is 33.7 Å². The van der Waals surface area contributed by atoms with Gasteiger partial charge in [0.1, 0.15) is 29.8 Å². The van der Waals surface area contributed by atoms with Gasteiger partial charge in [-0.2, -0.15) is 0 Å². The Morgan fingerprint density at radius 1 is 0.779 bits per heavy atom. The van der Waals surface area contributed by atoms with Gasteiger partial charge in [-0.25, -0.2) is 4.79 Å². The van der Waals surface area contributed by atoms with E-state index in [0.29, 0.717) is 19.3 Å². The number of aryl methyl sites for hydroxylation is 1. The zero-order valence-corrected chi connectivity index (χ0v) is 47.4. The number of fused-ring (bicyclic) bond motifs is 2. The molecule has 418 valence electrons. The van der Waals surface area contributed by atoms with Gasteiger partial charge in [-0.05, 0) is 105 Å². The lowest BCUT2D eigenvalue weighted by molar-refractivity contribution is -0.152. The Hall–Kier alpha value is -6.33. The molecule has 8 atom stereocenters. The van der Waals surface area contributed by atoms with Gasteiger partial charge in [0.25, 0.3) is 0 Å². The van der Waals surface area contributed by atoms with E-state index in [-0.39, 0.29) is 68.8 Å². The number of methoxy groups -OCH3 is 1. The molecule has 17 heteroatoms. The third-order valence-electron chi connectivity index (χ3n) is 15.9. The minimum absolute atomic E-state index is 0.000510. The van der Waals surface area contributed by atoms with Gasteiger partial charge in [0.2, 0.25) is 35.4 Å². The fourth-order valence-electron chi connectivity index (χ4n) is 10.9. The van der Waals surface area contributed by atoms with Crippen molar-refractivity contribution in [1.82, 2.24) is 35.6 Å². The summed E-state index contributed by atoms with van der Waals surface area (Å²) >= 11 is 0. The SMILES string of the molecule is COC[C@@H](c1ccccc1)N(CC1(C(=O)N[C@H]2C[C@@H](C(=O)N[C@@H]3CCCc4ccccc43)N(C(=O)C(NC(=O)[C@H](C)N(C)C(=O)OC(C)(C)C)C(C)(C)C)C2)CC1)C(=O)[C@@H]1Cc2ccccc2CN1C(=O)C(N)C(C)(C)C. The van der Waals surface area contributed by atoms with Crippen molar-refractivity contribution in [3.8, 4) is 0 Å². The van der Waals surface area contributed by atoms with Gasteiger partial charge < -0.3 is 45.9 Å². The fourth-order valence-corrected chi connectivity index (χ4v) is 10.9. The summed E-state index contributed by atoms with van der Waals surface area (Å²) in [5.41, 5.74) is 8.19. The smallest absolute Gasteiger partial charge is 0.410 e. The van der Waals surface area contributed by atoms with E-state index >= 15 is 14.4 Å². The number of hydrogen-bond donors (Lipinski definition) is 4. The second-order valence-electron chi connectivity index (χ2n) is 25.1. The average molecular weight is 1060 g/mol. The number of hydrogen-bond acceptors (Lipinski definition) is 10. The number of nitrogens with one attached hydrogen (secondary N) is 3. The number of benzene rings is 3. The van der Waals surface area contributed by atoms with Gasteiger partial charge in [-0.15, -0.1) is 0 Å². The molecule has 5 N–H and O–H groups in total. The molecule has 2 heterocycles. The van der Waals surface area contributed by atoms with Crippen LogP contribution in [0.5, 0.6) is 0 Å². The molecule has 2 aliphatic heterocycles. The van der Waals surface area contributed by atoms with E-state index in [4.69, 9.17) is 15.2 Å². The number of carbonyl (C=O) groups excluding carboxylic acids is 7. The van der Waals surface area contributed by atoms with Crippen molar-refractivity contribution < 1.29 is 43.0 Å². The quantitative estimate of drug-likeness (QED) is 0.124. The number of nitrogens with zero attached hydrogens (tertiary/aromatic N) is 4. The van der Waals surface area contributed by atoms with Crippen LogP contribution in [0.1, 0.15) is 141 Å². The zero-order valence-electron chi connectivity index (χ0n) is 47.4. The van der Waals surface area contributed by atoms with Crippen molar-refractivity contribution in [2.45, 2.75) is 175 Å². The third kappa shape index (κ3) is 13.5. The van der Waals surface area contributed by atoms with Crippen LogP contribution < -0.4 is 21.7 Å². The highest BCUT2D eigenvalue weighted by Gasteiger charge is 2.55. The Labute approximate surface area is 455 Å². The second kappa shape index (κ2) is 23.3. The summed E-state index contributed by atoms with van der Waals surface area (Å²) in [4.78, 5) is 108. The molecule has 3 aromatic carbocycles. The Morgan fingerprint density at radius 2 is 1.40 bits per heavy atom. The van der Waals surface area contributed by atoms with E-state index in [9.17, 15) is 19.2 Å². The van der Waals surface area contributed by atoms with E-state index in [2.05, 4.69) is 22.0 Å². The largest absolute Gasteiger partial charge is 0.444 e. The van der Waals surface area contributed by atoms with E-state index in [1.54, 1.807) is 44.6 Å². The molecule has 2 unspecified atom stereocenters. The zero-order chi connectivity index (χ0) is 56.4. The van der Waals surface area contributed by atoms with E-state index in [1.165, 1.54) is 16.8 Å². The van der Waals surface area contributed by atoms with Crippen LogP contribution in [0.4, 0.5) is 4.79 Å². The highest BCUT2D eigenvalue weighted by Crippen LogP contribution is 2.48. The minimum Gasteiger partial charge on any atom is -0.444 e. The molecule has 7 rings (SSSR count). The molecule has 77 heavy (non-hydrogen) atoms. The molecule has 0 spiro atoms. The molecule has 1 saturated heterocycles. The summed E-state index contributed by atoms with van der Waals surface area (Å²) in [6, 6.07) is 18.7. The summed E-state index contributed by atoms with van der Waals surface area (Å²) in [5.74, 6) is -2.47. The highest BCUT2D eigenvalue weighted by atomic mass is 16.6. The molecule has 1 saturated carbocycles. The van der Waals surface area contributed by atoms with Gasteiger partial charge >= 0.3 is 6.09 Å². The Balaban J connectivity index is 1.19.